The molecule has 19 heavy (non-hydrogen) atoms. The lowest BCUT2D eigenvalue weighted by atomic mass is 10.3. The van der Waals surface area contributed by atoms with E-state index in [1.165, 1.54) is 6.20 Å². The van der Waals surface area contributed by atoms with Crippen LogP contribution in [0.5, 0.6) is 0 Å². The van der Waals surface area contributed by atoms with E-state index in [1.54, 1.807) is 6.92 Å². The standard InChI is InChI=1S/C11H8BrF2N3O2/c1-2-19-11(18)9-5-17(16-15-9)10-7(12)3-6(13)4-8(10)14/h3-5H,2H2,1H3. The van der Waals surface area contributed by atoms with Crippen LogP contribution in [0.25, 0.3) is 5.69 Å². The Balaban J connectivity index is 2.41. The van der Waals surface area contributed by atoms with Crippen LogP contribution in [-0.4, -0.2) is 27.6 Å². The average molecular weight is 332 g/mol. The molecule has 0 fully saturated rings. The second-order valence-electron chi connectivity index (χ2n) is 3.49. The highest BCUT2D eigenvalue weighted by Crippen LogP contribution is 2.24. The SMILES string of the molecule is CCOC(=O)c1cn(-c2c(F)cc(F)cc2Br)nn1. The van der Waals surface area contributed by atoms with Crippen molar-refractivity contribution in [2.45, 2.75) is 6.92 Å². The number of aromatic nitrogens is 3. The van der Waals surface area contributed by atoms with Crippen molar-refractivity contribution in [2.75, 3.05) is 6.61 Å². The number of nitrogens with zero attached hydrogens (tertiary/aromatic N) is 3. The summed E-state index contributed by atoms with van der Waals surface area (Å²) in [5.74, 6) is -2.21. The van der Waals surface area contributed by atoms with E-state index in [-0.39, 0.29) is 22.5 Å². The summed E-state index contributed by atoms with van der Waals surface area (Å²) in [5, 5.41) is 7.19. The quantitative estimate of drug-likeness (QED) is 0.811. The third-order valence-corrected chi connectivity index (χ3v) is 2.79. The maximum absolute atomic E-state index is 13.7. The second kappa shape index (κ2) is 5.43. The van der Waals surface area contributed by atoms with Crippen molar-refractivity contribution in [3.05, 3.63) is 40.1 Å². The first-order valence-corrected chi connectivity index (χ1v) is 6.06. The molecule has 0 aliphatic rings. The monoisotopic (exact) mass is 331 g/mol. The van der Waals surface area contributed by atoms with Crippen LogP contribution in [0.2, 0.25) is 0 Å². The van der Waals surface area contributed by atoms with E-state index in [0.717, 1.165) is 10.7 Å². The molecule has 1 heterocycles. The molecular weight excluding hydrogens is 324 g/mol. The van der Waals surface area contributed by atoms with E-state index in [1.807, 2.05) is 0 Å². The van der Waals surface area contributed by atoms with Gasteiger partial charge in [-0.25, -0.2) is 18.3 Å². The highest BCUT2D eigenvalue weighted by Gasteiger charge is 2.17. The summed E-state index contributed by atoms with van der Waals surface area (Å²) in [6.45, 7) is 1.85. The van der Waals surface area contributed by atoms with Crippen molar-refractivity contribution >= 4 is 21.9 Å². The van der Waals surface area contributed by atoms with Crippen LogP contribution in [0, 0.1) is 11.6 Å². The number of benzene rings is 1. The molecular formula is C11H8BrF2N3O2. The topological polar surface area (TPSA) is 57.0 Å². The molecule has 0 N–H and O–H groups in total. The molecule has 0 aliphatic carbocycles. The number of hydrogen-bond acceptors (Lipinski definition) is 4. The van der Waals surface area contributed by atoms with E-state index in [2.05, 4.69) is 26.2 Å². The van der Waals surface area contributed by atoms with Gasteiger partial charge in [0.25, 0.3) is 0 Å². The number of rotatable bonds is 3. The summed E-state index contributed by atoms with van der Waals surface area (Å²) < 4.78 is 32.6. The van der Waals surface area contributed by atoms with Gasteiger partial charge in [-0.15, -0.1) is 5.10 Å². The Bertz CT molecular complexity index is 607. The van der Waals surface area contributed by atoms with Crippen LogP contribution in [0.15, 0.2) is 22.8 Å². The Morgan fingerprint density at radius 1 is 1.47 bits per heavy atom. The van der Waals surface area contributed by atoms with Gasteiger partial charge in [-0.2, -0.15) is 0 Å². The van der Waals surface area contributed by atoms with Crippen LogP contribution in [0.4, 0.5) is 8.78 Å². The predicted molar refractivity (Wildman–Crippen MR) is 64.9 cm³/mol. The van der Waals surface area contributed by atoms with Gasteiger partial charge in [0.05, 0.1) is 12.8 Å². The molecule has 100 valence electrons. The summed E-state index contributed by atoms with van der Waals surface area (Å²) in [5.41, 5.74) is -0.0954. The highest BCUT2D eigenvalue weighted by molar-refractivity contribution is 9.10. The van der Waals surface area contributed by atoms with Crippen molar-refractivity contribution in [3.8, 4) is 5.69 Å². The smallest absolute Gasteiger partial charge is 0.360 e. The number of carbonyl (C=O) groups excluding carboxylic acids is 1. The third-order valence-electron chi connectivity index (χ3n) is 2.19. The predicted octanol–water partition coefficient (Wildman–Crippen LogP) is 2.48. The fraction of sp³-hybridized carbons (Fsp3) is 0.182. The first kappa shape index (κ1) is 13.6. The second-order valence-corrected chi connectivity index (χ2v) is 4.34. The third kappa shape index (κ3) is 2.78. The summed E-state index contributed by atoms with van der Waals surface area (Å²) in [6.07, 6.45) is 1.21. The van der Waals surface area contributed by atoms with E-state index in [0.29, 0.717) is 6.07 Å². The molecule has 0 saturated carbocycles. The van der Waals surface area contributed by atoms with E-state index in [9.17, 15) is 13.6 Å². The number of halogens is 3. The molecule has 0 atom stereocenters. The molecule has 0 bridgehead atoms. The molecule has 0 aliphatic heterocycles. The largest absolute Gasteiger partial charge is 0.461 e. The minimum Gasteiger partial charge on any atom is -0.461 e. The first-order chi connectivity index (χ1) is 9.02. The zero-order valence-corrected chi connectivity index (χ0v) is 11.3. The van der Waals surface area contributed by atoms with Gasteiger partial charge in [0.15, 0.2) is 11.5 Å². The van der Waals surface area contributed by atoms with E-state index < -0.39 is 17.6 Å². The lowest BCUT2D eigenvalue weighted by Crippen LogP contribution is -2.05. The van der Waals surface area contributed by atoms with Gasteiger partial charge in [-0.3, -0.25) is 0 Å². The van der Waals surface area contributed by atoms with E-state index in [4.69, 9.17) is 4.74 Å². The molecule has 0 unspecified atom stereocenters. The Morgan fingerprint density at radius 2 is 2.21 bits per heavy atom. The minimum atomic E-state index is -0.827. The van der Waals surface area contributed by atoms with Crippen molar-refractivity contribution in [2.24, 2.45) is 0 Å². The van der Waals surface area contributed by atoms with E-state index >= 15 is 0 Å². The first-order valence-electron chi connectivity index (χ1n) is 5.27. The van der Waals surface area contributed by atoms with Gasteiger partial charge in [-0.1, -0.05) is 5.21 Å². The van der Waals surface area contributed by atoms with Crippen LogP contribution in [0.1, 0.15) is 17.4 Å². The van der Waals surface area contributed by atoms with Crippen LogP contribution >= 0.6 is 15.9 Å². The molecule has 5 nitrogen and oxygen atoms in total. The summed E-state index contributed by atoms with van der Waals surface area (Å²) >= 11 is 3.03. The minimum absolute atomic E-state index is 0.0375. The van der Waals surface area contributed by atoms with Gasteiger partial charge in [0, 0.05) is 10.5 Å². The molecule has 0 saturated heterocycles. The van der Waals surface area contributed by atoms with Gasteiger partial charge >= 0.3 is 5.97 Å². The molecule has 0 amide bonds. The number of ether oxygens (including phenoxy) is 1. The van der Waals surface area contributed by atoms with Gasteiger partial charge in [0.2, 0.25) is 0 Å². The maximum atomic E-state index is 13.7. The summed E-state index contributed by atoms with van der Waals surface area (Å²) in [4.78, 5) is 11.4. The highest BCUT2D eigenvalue weighted by atomic mass is 79.9. The number of esters is 1. The Labute approximate surface area is 115 Å². The average Bonchev–Trinajstić information content (AvgIpc) is 2.77. The maximum Gasteiger partial charge on any atom is 0.360 e. The lowest BCUT2D eigenvalue weighted by molar-refractivity contribution is 0.0519. The van der Waals surface area contributed by atoms with Crippen molar-refractivity contribution in [1.82, 2.24) is 15.0 Å². The normalized spacial score (nSPS) is 10.5. The fourth-order valence-corrected chi connectivity index (χ4v) is 2.01. The number of hydrogen-bond donors (Lipinski definition) is 0. The van der Waals surface area contributed by atoms with Gasteiger partial charge in [-0.05, 0) is 28.9 Å². The Hall–Kier alpha value is -1.83. The van der Waals surface area contributed by atoms with Crippen LogP contribution < -0.4 is 0 Å². The van der Waals surface area contributed by atoms with Crippen LogP contribution in [-0.2, 0) is 4.74 Å². The Morgan fingerprint density at radius 3 is 2.84 bits per heavy atom. The lowest BCUT2D eigenvalue weighted by Gasteiger charge is -2.04. The molecule has 0 radical (unpaired) electrons. The molecule has 1 aromatic heterocycles. The van der Waals surface area contributed by atoms with Crippen LogP contribution in [0.3, 0.4) is 0 Å². The summed E-state index contributed by atoms with van der Waals surface area (Å²) in [6, 6.07) is 1.80. The zero-order valence-electron chi connectivity index (χ0n) is 9.73. The molecule has 0 spiro atoms. The van der Waals surface area contributed by atoms with Crippen molar-refractivity contribution in [3.63, 3.8) is 0 Å². The molecule has 2 rings (SSSR count). The fourth-order valence-electron chi connectivity index (χ4n) is 1.43. The van der Waals surface area contributed by atoms with Gasteiger partial charge < -0.3 is 4.74 Å². The van der Waals surface area contributed by atoms with Crippen molar-refractivity contribution in [1.29, 1.82) is 0 Å². The summed E-state index contributed by atoms with van der Waals surface area (Å²) in [7, 11) is 0. The zero-order chi connectivity index (χ0) is 14.0. The van der Waals surface area contributed by atoms with Gasteiger partial charge in [0.1, 0.15) is 11.5 Å². The number of carbonyl (C=O) groups is 1. The van der Waals surface area contributed by atoms with Crippen molar-refractivity contribution < 1.29 is 18.3 Å². The molecule has 1 aromatic carbocycles. The molecule has 8 heteroatoms. The Kier molecular flexibility index (Phi) is 3.89. The molecule has 2 aromatic rings.